The average molecular weight is 290 g/mol. The van der Waals surface area contributed by atoms with Crippen molar-refractivity contribution in [2.24, 2.45) is 0 Å². The number of alkyl halides is 3. The number of hydrogen-bond acceptors (Lipinski definition) is 4. The van der Waals surface area contributed by atoms with Gasteiger partial charge >= 0.3 is 6.18 Å². The van der Waals surface area contributed by atoms with Gasteiger partial charge in [0.1, 0.15) is 11.3 Å². The summed E-state index contributed by atoms with van der Waals surface area (Å²) in [7, 11) is -1.45. The first-order valence-corrected chi connectivity index (χ1v) is 7.10. The molecule has 1 unspecified atom stereocenters. The average Bonchev–Trinajstić information content (AvgIpc) is 3.07. The van der Waals surface area contributed by atoms with Crippen molar-refractivity contribution in [2.45, 2.75) is 30.1 Å². The molecule has 1 atom stereocenters. The van der Waals surface area contributed by atoms with E-state index in [4.69, 9.17) is 0 Å². The number of hydrogen-bond donors (Lipinski definition) is 0. The molecular weight excluding hydrogens is 281 g/mol. The Balaban J connectivity index is 2.28. The van der Waals surface area contributed by atoms with E-state index in [-0.39, 0.29) is 22.4 Å². The number of fused-ring (bicyclic) bond motifs is 1. The van der Waals surface area contributed by atoms with Crippen molar-refractivity contribution >= 4 is 16.3 Å². The first-order chi connectivity index (χ1) is 8.88. The summed E-state index contributed by atoms with van der Waals surface area (Å²) >= 11 is 0. The molecule has 2 aromatic heterocycles. The fourth-order valence-electron chi connectivity index (χ4n) is 1.84. The zero-order chi connectivity index (χ0) is 13.8. The molecule has 2 aromatic rings. The minimum Gasteiger partial charge on any atom is -0.251 e. The van der Waals surface area contributed by atoms with E-state index >= 15 is 0 Å². The molecule has 0 aromatic carbocycles. The van der Waals surface area contributed by atoms with Crippen LogP contribution in [0.15, 0.2) is 11.4 Å². The van der Waals surface area contributed by atoms with Gasteiger partial charge in [-0.05, 0) is 12.8 Å². The fourth-order valence-corrected chi connectivity index (χ4v) is 2.24. The van der Waals surface area contributed by atoms with E-state index < -0.39 is 22.7 Å². The van der Waals surface area contributed by atoms with E-state index in [1.807, 2.05) is 0 Å². The van der Waals surface area contributed by atoms with Crippen molar-refractivity contribution in [1.29, 1.82) is 0 Å². The van der Waals surface area contributed by atoms with Crippen LogP contribution < -0.4 is 0 Å². The third-order valence-corrected chi connectivity index (χ3v) is 3.57. The van der Waals surface area contributed by atoms with Gasteiger partial charge in [0.15, 0.2) is 5.69 Å². The van der Waals surface area contributed by atoms with Crippen LogP contribution in [0.5, 0.6) is 0 Å². The molecule has 9 heteroatoms. The highest BCUT2D eigenvalue weighted by molar-refractivity contribution is 7.84. The van der Waals surface area contributed by atoms with E-state index in [9.17, 15) is 17.4 Å². The maximum atomic E-state index is 12.9. The summed E-state index contributed by atoms with van der Waals surface area (Å²) in [6, 6.07) is 0. The quantitative estimate of drug-likeness (QED) is 0.845. The third kappa shape index (κ3) is 2.11. The fraction of sp³-hybridized carbons (Fsp3) is 0.500. The van der Waals surface area contributed by atoms with Gasteiger partial charge in [-0.2, -0.15) is 13.2 Å². The van der Waals surface area contributed by atoms with E-state index in [1.54, 1.807) is 0 Å². The molecule has 1 saturated carbocycles. The van der Waals surface area contributed by atoms with Gasteiger partial charge in [0, 0.05) is 12.2 Å². The van der Waals surface area contributed by atoms with Gasteiger partial charge in [0.25, 0.3) is 0 Å². The summed E-state index contributed by atoms with van der Waals surface area (Å²) < 4.78 is 51.1. The minimum absolute atomic E-state index is 0.000486. The van der Waals surface area contributed by atoms with Crippen LogP contribution in [0.3, 0.4) is 0 Å². The second kappa shape index (κ2) is 3.99. The van der Waals surface area contributed by atoms with Gasteiger partial charge in [-0.25, -0.2) is 14.5 Å². The number of imidazole rings is 1. The summed E-state index contributed by atoms with van der Waals surface area (Å²) in [5.41, 5.74) is -1.17. The molecule has 0 spiro atoms. The molecule has 0 aliphatic heterocycles. The summed E-state index contributed by atoms with van der Waals surface area (Å²) in [6.07, 6.45) is -0.546. The smallest absolute Gasteiger partial charge is 0.251 e. The zero-order valence-corrected chi connectivity index (χ0v) is 10.6. The highest BCUT2D eigenvalue weighted by Gasteiger charge is 2.40. The molecule has 0 bridgehead atoms. The lowest BCUT2D eigenvalue weighted by molar-refractivity contribution is -0.139. The Bertz CT molecular complexity index is 677. The Morgan fingerprint density at radius 2 is 2.11 bits per heavy atom. The lowest BCUT2D eigenvalue weighted by atomic mass is 10.4. The maximum absolute atomic E-state index is 12.9. The Morgan fingerprint density at radius 1 is 1.42 bits per heavy atom. The topological polar surface area (TPSA) is 60.2 Å². The minimum atomic E-state index is -4.55. The first-order valence-electron chi connectivity index (χ1n) is 5.54. The lowest BCUT2D eigenvalue weighted by Gasteiger charge is -2.02. The molecule has 1 fully saturated rings. The van der Waals surface area contributed by atoms with Gasteiger partial charge in [0.2, 0.25) is 5.16 Å². The molecule has 1 aliphatic carbocycles. The molecule has 0 radical (unpaired) electrons. The molecule has 3 rings (SSSR count). The summed E-state index contributed by atoms with van der Waals surface area (Å²) in [5, 5.41) is 3.91. The van der Waals surface area contributed by atoms with Crippen LogP contribution in [0, 0.1) is 0 Å². The Morgan fingerprint density at radius 3 is 2.63 bits per heavy atom. The highest BCUT2D eigenvalue weighted by atomic mass is 32.2. The number of nitrogens with zero attached hydrogens (tertiary/aromatic N) is 4. The van der Waals surface area contributed by atoms with E-state index in [1.165, 1.54) is 6.26 Å². The van der Waals surface area contributed by atoms with Gasteiger partial charge < -0.3 is 0 Å². The van der Waals surface area contributed by atoms with Crippen LogP contribution in [-0.2, 0) is 17.0 Å². The van der Waals surface area contributed by atoms with E-state index in [2.05, 4.69) is 15.1 Å². The molecular formula is C10H9F3N4OS. The Kier molecular flexibility index (Phi) is 2.63. The molecule has 2 heterocycles. The number of rotatable bonds is 2. The van der Waals surface area contributed by atoms with Gasteiger partial charge in [-0.3, -0.25) is 4.21 Å². The van der Waals surface area contributed by atoms with Gasteiger partial charge in [0.05, 0.1) is 17.0 Å². The highest BCUT2D eigenvalue weighted by Crippen LogP contribution is 2.42. The second-order valence-electron chi connectivity index (χ2n) is 4.38. The number of halogens is 3. The van der Waals surface area contributed by atoms with Gasteiger partial charge in [-0.15, -0.1) is 5.10 Å². The molecule has 19 heavy (non-hydrogen) atoms. The largest absolute Gasteiger partial charge is 0.435 e. The van der Waals surface area contributed by atoms with Crippen molar-refractivity contribution < 1.29 is 17.4 Å². The molecule has 0 amide bonds. The van der Waals surface area contributed by atoms with E-state index in [0.29, 0.717) is 0 Å². The molecule has 1 aliphatic rings. The second-order valence-corrected chi connectivity index (χ2v) is 5.66. The van der Waals surface area contributed by atoms with Crippen molar-refractivity contribution in [3.8, 4) is 0 Å². The molecule has 5 nitrogen and oxygen atoms in total. The maximum Gasteiger partial charge on any atom is 0.435 e. The van der Waals surface area contributed by atoms with Crippen LogP contribution in [0.2, 0.25) is 0 Å². The first kappa shape index (κ1) is 12.5. The van der Waals surface area contributed by atoms with Crippen LogP contribution in [0.25, 0.3) is 5.52 Å². The lowest BCUT2D eigenvalue weighted by Crippen LogP contribution is -2.08. The van der Waals surface area contributed by atoms with Crippen molar-refractivity contribution in [1.82, 2.24) is 19.6 Å². The van der Waals surface area contributed by atoms with Crippen molar-refractivity contribution in [3.05, 3.63) is 17.7 Å². The predicted molar refractivity (Wildman–Crippen MR) is 60.1 cm³/mol. The Hall–Kier alpha value is -1.51. The third-order valence-electron chi connectivity index (χ3n) is 2.87. The monoisotopic (exact) mass is 290 g/mol. The summed E-state index contributed by atoms with van der Waals surface area (Å²) in [4.78, 5) is 7.36. The van der Waals surface area contributed by atoms with Crippen LogP contribution >= 0.6 is 0 Å². The molecule has 0 N–H and O–H groups in total. The summed E-state index contributed by atoms with van der Waals surface area (Å²) in [5.74, 6) is 0.271. The predicted octanol–water partition coefficient (Wildman–Crippen LogP) is 1.76. The number of aromatic nitrogens is 4. The van der Waals surface area contributed by atoms with E-state index in [0.717, 1.165) is 23.6 Å². The van der Waals surface area contributed by atoms with Crippen LogP contribution in [0.4, 0.5) is 13.2 Å². The van der Waals surface area contributed by atoms with Gasteiger partial charge in [-0.1, -0.05) is 0 Å². The Labute approximate surface area is 108 Å². The SMILES string of the molecule is CS(=O)c1ncc2c(C(F)(F)F)nc(C3CC3)n2n1. The molecule has 102 valence electrons. The van der Waals surface area contributed by atoms with Crippen molar-refractivity contribution in [3.63, 3.8) is 0 Å². The normalized spacial score (nSPS) is 17.9. The standard InChI is InChI=1S/C10H9F3N4OS/c1-19(18)9-14-4-6-7(10(11,12)13)15-8(5-2-3-5)17(6)16-9/h4-5H,2-3H2,1H3. The van der Waals surface area contributed by atoms with Crippen molar-refractivity contribution in [2.75, 3.05) is 6.26 Å². The zero-order valence-electron chi connectivity index (χ0n) is 9.81. The molecule has 0 saturated heterocycles. The summed E-state index contributed by atoms with van der Waals surface area (Å²) in [6.45, 7) is 0. The van der Waals surface area contributed by atoms with Crippen LogP contribution in [-0.4, -0.2) is 30.0 Å². The van der Waals surface area contributed by atoms with Crippen LogP contribution in [0.1, 0.15) is 30.3 Å².